The van der Waals surface area contributed by atoms with Gasteiger partial charge in [-0.05, 0) is 43.5 Å². The number of hydrogen-bond acceptors (Lipinski definition) is 4. The molecule has 2 aliphatic rings. The second-order valence-corrected chi connectivity index (χ2v) is 5.97. The van der Waals surface area contributed by atoms with E-state index < -0.39 is 5.91 Å². The van der Waals surface area contributed by atoms with Gasteiger partial charge in [0.15, 0.2) is 11.4 Å². The predicted octanol–water partition coefficient (Wildman–Crippen LogP) is 1.77. The van der Waals surface area contributed by atoms with E-state index in [0.717, 1.165) is 19.3 Å². The second kappa shape index (κ2) is 5.34. The summed E-state index contributed by atoms with van der Waals surface area (Å²) in [7, 11) is 0. The third-order valence-electron chi connectivity index (χ3n) is 4.42. The van der Waals surface area contributed by atoms with Crippen LogP contribution in [0.2, 0.25) is 0 Å². The van der Waals surface area contributed by atoms with Gasteiger partial charge >= 0.3 is 0 Å². The molecular formula is C16H16FN3O3. The zero-order chi connectivity index (χ0) is 16.0. The van der Waals surface area contributed by atoms with Gasteiger partial charge in [-0.15, -0.1) is 0 Å². The van der Waals surface area contributed by atoms with Crippen LogP contribution in [0.4, 0.5) is 4.39 Å². The van der Waals surface area contributed by atoms with Crippen molar-refractivity contribution < 1.29 is 19.0 Å². The molecule has 3 atom stereocenters. The van der Waals surface area contributed by atoms with Crippen molar-refractivity contribution in [2.45, 2.75) is 37.5 Å². The maximum absolute atomic E-state index is 13.0. The lowest BCUT2D eigenvalue weighted by Gasteiger charge is -2.19. The highest BCUT2D eigenvalue weighted by molar-refractivity contribution is 5.95. The Bertz CT molecular complexity index is 744. The van der Waals surface area contributed by atoms with Crippen molar-refractivity contribution in [3.8, 4) is 11.4 Å². The number of aromatic hydroxyl groups is 1. The average molecular weight is 317 g/mol. The summed E-state index contributed by atoms with van der Waals surface area (Å²) in [6, 6.07) is 5.60. The van der Waals surface area contributed by atoms with E-state index in [1.165, 1.54) is 35.1 Å². The number of hydrogen-bond donors (Lipinski definition) is 2. The summed E-state index contributed by atoms with van der Waals surface area (Å²) in [4.78, 5) is 12.3. The monoisotopic (exact) mass is 317 g/mol. The normalized spacial score (nSPS) is 25.7. The summed E-state index contributed by atoms with van der Waals surface area (Å²) in [6.07, 6.45) is 4.42. The SMILES string of the molecule is O=C(N[C@@H]1C[C@@H]2CC[C@H]1O2)c1nn(-c2ccc(F)cc2)cc1O. The zero-order valence-corrected chi connectivity index (χ0v) is 12.3. The summed E-state index contributed by atoms with van der Waals surface area (Å²) in [5.74, 6) is -1.00. The summed E-state index contributed by atoms with van der Waals surface area (Å²) < 4.78 is 20.0. The van der Waals surface area contributed by atoms with E-state index in [2.05, 4.69) is 10.4 Å². The molecule has 120 valence electrons. The summed E-state index contributed by atoms with van der Waals surface area (Å²) >= 11 is 0. The molecule has 1 aromatic heterocycles. The molecule has 0 radical (unpaired) electrons. The Balaban J connectivity index is 1.52. The fraction of sp³-hybridized carbons (Fsp3) is 0.375. The number of amides is 1. The minimum atomic E-state index is -0.426. The molecule has 2 fully saturated rings. The van der Waals surface area contributed by atoms with Gasteiger partial charge in [0.25, 0.3) is 5.91 Å². The fourth-order valence-electron chi connectivity index (χ4n) is 3.28. The van der Waals surface area contributed by atoms with Crippen LogP contribution in [-0.2, 0) is 4.74 Å². The van der Waals surface area contributed by atoms with E-state index in [-0.39, 0.29) is 35.5 Å². The van der Waals surface area contributed by atoms with Crippen molar-refractivity contribution in [3.05, 3.63) is 42.0 Å². The number of nitrogens with zero attached hydrogens (tertiary/aromatic N) is 2. The van der Waals surface area contributed by atoms with Crippen molar-refractivity contribution in [1.82, 2.24) is 15.1 Å². The van der Waals surface area contributed by atoms with Crippen LogP contribution in [0.15, 0.2) is 30.5 Å². The number of benzene rings is 1. The molecule has 7 heteroatoms. The molecule has 0 aliphatic carbocycles. The largest absolute Gasteiger partial charge is 0.504 e. The van der Waals surface area contributed by atoms with Crippen LogP contribution in [0.1, 0.15) is 29.8 Å². The first-order valence-electron chi connectivity index (χ1n) is 7.61. The number of carbonyl (C=O) groups excluding carboxylic acids is 1. The third kappa shape index (κ3) is 2.57. The van der Waals surface area contributed by atoms with Gasteiger partial charge in [0, 0.05) is 0 Å². The maximum Gasteiger partial charge on any atom is 0.275 e. The van der Waals surface area contributed by atoms with E-state index >= 15 is 0 Å². The van der Waals surface area contributed by atoms with Crippen molar-refractivity contribution >= 4 is 5.91 Å². The van der Waals surface area contributed by atoms with Crippen LogP contribution >= 0.6 is 0 Å². The lowest BCUT2D eigenvalue weighted by molar-refractivity contribution is 0.0835. The van der Waals surface area contributed by atoms with Gasteiger partial charge in [-0.1, -0.05) is 0 Å². The van der Waals surface area contributed by atoms with E-state index in [4.69, 9.17) is 4.74 Å². The molecule has 2 N–H and O–H groups in total. The Labute approximate surface area is 131 Å². The topological polar surface area (TPSA) is 76.4 Å². The number of carbonyl (C=O) groups is 1. The van der Waals surface area contributed by atoms with E-state index in [0.29, 0.717) is 5.69 Å². The number of halogens is 1. The van der Waals surface area contributed by atoms with E-state index in [1.807, 2.05) is 0 Å². The Morgan fingerprint density at radius 3 is 2.78 bits per heavy atom. The van der Waals surface area contributed by atoms with Gasteiger partial charge in [-0.3, -0.25) is 4.79 Å². The molecule has 0 unspecified atom stereocenters. The summed E-state index contributed by atoms with van der Waals surface area (Å²) in [5, 5.41) is 17.0. The number of nitrogens with one attached hydrogen (secondary N) is 1. The van der Waals surface area contributed by atoms with Gasteiger partial charge < -0.3 is 15.2 Å². The van der Waals surface area contributed by atoms with Gasteiger partial charge in [0.1, 0.15) is 5.82 Å². The molecule has 2 bridgehead atoms. The first-order chi connectivity index (χ1) is 11.1. The average Bonchev–Trinajstić information content (AvgIpc) is 3.23. The quantitative estimate of drug-likeness (QED) is 0.904. The molecule has 0 spiro atoms. The van der Waals surface area contributed by atoms with Crippen LogP contribution in [0, 0.1) is 5.82 Å². The standard InChI is InChI=1S/C16H16FN3O3/c17-9-1-3-10(4-2-9)20-8-13(21)15(19-20)16(22)18-12-7-11-5-6-14(12)23-11/h1-4,8,11-12,14,21H,5-7H2,(H,18,22)/t11-,12+,14+/m0/s1. The Hall–Kier alpha value is -2.41. The Morgan fingerprint density at radius 1 is 1.35 bits per heavy atom. The van der Waals surface area contributed by atoms with Crippen molar-refractivity contribution in [3.63, 3.8) is 0 Å². The molecule has 1 amide bonds. The predicted molar refractivity (Wildman–Crippen MR) is 79.0 cm³/mol. The van der Waals surface area contributed by atoms with Crippen LogP contribution in [-0.4, -0.2) is 39.0 Å². The van der Waals surface area contributed by atoms with Gasteiger partial charge in [-0.25, -0.2) is 9.07 Å². The number of rotatable bonds is 3. The molecule has 3 heterocycles. The maximum atomic E-state index is 13.0. The molecular weight excluding hydrogens is 301 g/mol. The summed E-state index contributed by atoms with van der Waals surface area (Å²) in [6.45, 7) is 0. The number of fused-ring (bicyclic) bond motifs is 2. The highest BCUT2D eigenvalue weighted by Gasteiger charge is 2.41. The van der Waals surface area contributed by atoms with Crippen molar-refractivity contribution in [1.29, 1.82) is 0 Å². The minimum Gasteiger partial charge on any atom is -0.504 e. The van der Waals surface area contributed by atoms with E-state index in [1.54, 1.807) is 0 Å². The van der Waals surface area contributed by atoms with Gasteiger partial charge in [0.05, 0.1) is 30.1 Å². The van der Waals surface area contributed by atoms with Crippen molar-refractivity contribution in [2.24, 2.45) is 0 Å². The first kappa shape index (κ1) is 14.2. The van der Waals surface area contributed by atoms with Crippen molar-refractivity contribution in [2.75, 3.05) is 0 Å². The molecule has 2 aromatic rings. The number of aromatic nitrogens is 2. The zero-order valence-electron chi connectivity index (χ0n) is 12.3. The van der Waals surface area contributed by atoms with Crippen LogP contribution in [0.25, 0.3) is 5.69 Å². The third-order valence-corrected chi connectivity index (χ3v) is 4.42. The Morgan fingerprint density at radius 2 is 2.13 bits per heavy atom. The van der Waals surface area contributed by atoms with Crippen LogP contribution < -0.4 is 5.32 Å². The molecule has 0 saturated carbocycles. The second-order valence-electron chi connectivity index (χ2n) is 5.97. The molecule has 6 nitrogen and oxygen atoms in total. The Kier molecular flexibility index (Phi) is 3.30. The van der Waals surface area contributed by atoms with Gasteiger partial charge in [0.2, 0.25) is 0 Å². The van der Waals surface area contributed by atoms with Crippen LogP contribution in [0.3, 0.4) is 0 Å². The van der Waals surface area contributed by atoms with Gasteiger partial charge in [-0.2, -0.15) is 5.10 Å². The summed E-state index contributed by atoms with van der Waals surface area (Å²) in [5.41, 5.74) is 0.515. The lowest BCUT2D eigenvalue weighted by atomic mass is 9.95. The molecule has 2 aliphatic heterocycles. The lowest BCUT2D eigenvalue weighted by Crippen LogP contribution is -2.41. The highest BCUT2D eigenvalue weighted by Crippen LogP contribution is 2.34. The highest BCUT2D eigenvalue weighted by atomic mass is 19.1. The first-order valence-corrected chi connectivity index (χ1v) is 7.61. The molecule has 2 saturated heterocycles. The molecule has 4 rings (SSSR count). The molecule has 1 aromatic carbocycles. The smallest absolute Gasteiger partial charge is 0.275 e. The minimum absolute atomic E-state index is 0.0309. The van der Waals surface area contributed by atoms with E-state index in [9.17, 15) is 14.3 Å². The molecule has 23 heavy (non-hydrogen) atoms. The number of ether oxygens (including phenoxy) is 1. The van der Waals surface area contributed by atoms with Crippen LogP contribution in [0.5, 0.6) is 5.75 Å². The fourth-order valence-corrected chi connectivity index (χ4v) is 3.28.